The average molecular weight is 278 g/mol. The van der Waals surface area contributed by atoms with Gasteiger partial charge >= 0.3 is 0 Å². The molecule has 0 fully saturated rings. The van der Waals surface area contributed by atoms with Crippen molar-refractivity contribution in [3.63, 3.8) is 0 Å². The fourth-order valence-electron chi connectivity index (χ4n) is 1.13. The Kier molecular flexibility index (Phi) is 4.10. The Labute approximate surface area is 95.5 Å². The lowest BCUT2D eigenvalue weighted by atomic mass is 10.2. The highest BCUT2D eigenvalue weighted by atomic mass is 79.9. The minimum absolute atomic E-state index is 0.0476. The molecule has 0 aliphatic carbocycles. The largest absolute Gasteiger partial charge is 0.394 e. The van der Waals surface area contributed by atoms with E-state index in [0.29, 0.717) is 0 Å². The number of likely N-dealkylation sites (N-methyl/N-ethyl adjacent to an activating group) is 1. The van der Waals surface area contributed by atoms with Crippen molar-refractivity contribution in [3.8, 4) is 0 Å². The van der Waals surface area contributed by atoms with Gasteiger partial charge in [0, 0.05) is 28.7 Å². The van der Waals surface area contributed by atoms with Crippen LogP contribution >= 0.6 is 27.3 Å². The second-order valence-corrected chi connectivity index (χ2v) is 4.85. The molecule has 0 bridgehead atoms. The molecule has 1 rings (SSSR count). The van der Waals surface area contributed by atoms with E-state index >= 15 is 0 Å². The van der Waals surface area contributed by atoms with Crippen molar-refractivity contribution in [3.05, 3.63) is 20.8 Å². The first kappa shape index (κ1) is 11.7. The normalized spacial score (nSPS) is 12.6. The second-order valence-electron chi connectivity index (χ2n) is 3.00. The van der Waals surface area contributed by atoms with Gasteiger partial charge in [0.25, 0.3) is 0 Å². The Hall–Kier alpha value is -0.390. The molecule has 1 N–H and O–H groups in total. The number of carbonyl (C=O) groups is 1. The summed E-state index contributed by atoms with van der Waals surface area (Å²) >= 11 is 4.87. The minimum Gasteiger partial charge on any atom is -0.394 e. The van der Waals surface area contributed by atoms with E-state index in [0.717, 1.165) is 9.35 Å². The molecule has 0 aliphatic heterocycles. The molecule has 0 saturated heterocycles. The van der Waals surface area contributed by atoms with E-state index in [1.54, 1.807) is 7.05 Å². The summed E-state index contributed by atoms with van der Waals surface area (Å²) in [4.78, 5) is 13.7. The number of hydrogen-bond acceptors (Lipinski definition) is 3. The van der Waals surface area contributed by atoms with Crippen molar-refractivity contribution in [2.75, 3.05) is 13.7 Å². The van der Waals surface area contributed by atoms with Gasteiger partial charge in [0.1, 0.15) is 0 Å². The quantitative estimate of drug-likeness (QED) is 0.919. The maximum absolute atomic E-state index is 11.1. The third-order valence-electron chi connectivity index (χ3n) is 2.05. The van der Waals surface area contributed by atoms with Crippen LogP contribution in [-0.2, 0) is 4.79 Å². The number of aliphatic hydroxyl groups excluding tert-OH is 1. The Morgan fingerprint density at radius 2 is 2.43 bits per heavy atom. The van der Waals surface area contributed by atoms with Crippen molar-refractivity contribution in [1.29, 1.82) is 0 Å². The molecule has 14 heavy (non-hydrogen) atoms. The van der Waals surface area contributed by atoms with E-state index in [1.165, 1.54) is 23.2 Å². The van der Waals surface area contributed by atoms with Gasteiger partial charge in [-0.2, -0.15) is 0 Å². The maximum atomic E-state index is 11.1. The van der Waals surface area contributed by atoms with Crippen LogP contribution in [0.15, 0.2) is 15.9 Å². The topological polar surface area (TPSA) is 40.5 Å². The summed E-state index contributed by atoms with van der Waals surface area (Å²) in [6, 6.07) is 1.69. The van der Waals surface area contributed by atoms with Gasteiger partial charge < -0.3 is 10.0 Å². The highest BCUT2D eigenvalue weighted by molar-refractivity contribution is 9.10. The van der Waals surface area contributed by atoms with Gasteiger partial charge in [-0.3, -0.25) is 4.79 Å². The summed E-state index contributed by atoms with van der Waals surface area (Å²) in [5.41, 5.74) is 0. The van der Waals surface area contributed by atoms with E-state index in [2.05, 4.69) is 15.9 Å². The average Bonchev–Trinajstić information content (AvgIpc) is 2.53. The third-order valence-corrected chi connectivity index (χ3v) is 3.85. The smallest absolute Gasteiger partial charge is 0.219 e. The van der Waals surface area contributed by atoms with Gasteiger partial charge in [-0.15, -0.1) is 11.3 Å². The monoisotopic (exact) mass is 277 g/mol. The first-order valence-electron chi connectivity index (χ1n) is 4.14. The molecule has 0 saturated carbocycles. The lowest BCUT2D eigenvalue weighted by molar-refractivity contribution is -0.130. The summed E-state index contributed by atoms with van der Waals surface area (Å²) < 4.78 is 0.980. The number of thiophene rings is 1. The zero-order valence-corrected chi connectivity index (χ0v) is 10.4. The molecule has 1 atom stereocenters. The zero-order valence-electron chi connectivity index (χ0n) is 8.03. The van der Waals surface area contributed by atoms with E-state index in [-0.39, 0.29) is 18.6 Å². The summed E-state index contributed by atoms with van der Waals surface area (Å²) in [7, 11) is 1.69. The standard InChI is InChI=1S/C9H12BrNO2S/c1-6(13)11(2)8(4-12)9-3-7(10)5-14-9/h3,5,8,12H,4H2,1-2H3. The van der Waals surface area contributed by atoms with Crippen molar-refractivity contribution >= 4 is 33.2 Å². The minimum atomic E-state index is -0.233. The fourth-order valence-corrected chi connectivity index (χ4v) is 2.71. The van der Waals surface area contributed by atoms with Crippen molar-refractivity contribution < 1.29 is 9.90 Å². The summed E-state index contributed by atoms with van der Waals surface area (Å²) in [5.74, 6) is -0.0476. The van der Waals surface area contributed by atoms with Gasteiger partial charge in [0.15, 0.2) is 0 Å². The van der Waals surface area contributed by atoms with Crippen molar-refractivity contribution in [2.45, 2.75) is 13.0 Å². The molecule has 1 unspecified atom stereocenters. The molecule has 5 heteroatoms. The van der Waals surface area contributed by atoms with Crippen LogP contribution in [0.2, 0.25) is 0 Å². The maximum Gasteiger partial charge on any atom is 0.219 e. The summed E-state index contributed by atoms with van der Waals surface area (Å²) in [6.07, 6.45) is 0. The summed E-state index contributed by atoms with van der Waals surface area (Å²) in [6.45, 7) is 1.44. The van der Waals surface area contributed by atoms with E-state index < -0.39 is 0 Å². The number of aliphatic hydroxyl groups is 1. The molecule has 78 valence electrons. The van der Waals surface area contributed by atoms with E-state index in [9.17, 15) is 9.90 Å². The Morgan fingerprint density at radius 3 is 2.79 bits per heavy atom. The van der Waals surface area contributed by atoms with Crippen molar-refractivity contribution in [1.82, 2.24) is 4.90 Å². The third kappa shape index (κ3) is 2.56. The van der Waals surface area contributed by atoms with Gasteiger partial charge in [-0.1, -0.05) is 0 Å². The van der Waals surface area contributed by atoms with Gasteiger partial charge in [-0.05, 0) is 22.0 Å². The Morgan fingerprint density at radius 1 is 1.79 bits per heavy atom. The molecule has 1 heterocycles. The molecule has 0 aliphatic rings. The van der Waals surface area contributed by atoms with Crippen LogP contribution < -0.4 is 0 Å². The van der Waals surface area contributed by atoms with E-state index in [4.69, 9.17) is 0 Å². The molecule has 0 radical (unpaired) electrons. The molecule has 1 aromatic heterocycles. The molecule has 3 nitrogen and oxygen atoms in total. The first-order chi connectivity index (χ1) is 6.56. The lowest BCUT2D eigenvalue weighted by Gasteiger charge is -2.24. The SMILES string of the molecule is CC(=O)N(C)C(CO)c1cc(Br)cs1. The van der Waals surface area contributed by atoms with E-state index in [1.807, 2.05) is 11.4 Å². The van der Waals surface area contributed by atoms with Crippen LogP contribution in [-0.4, -0.2) is 29.6 Å². The lowest BCUT2D eigenvalue weighted by Crippen LogP contribution is -2.30. The number of halogens is 1. The van der Waals surface area contributed by atoms with Crippen LogP contribution in [0.3, 0.4) is 0 Å². The highest BCUT2D eigenvalue weighted by Crippen LogP contribution is 2.28. The molecule has 0 aromatic carbocycles. The van der Waals surface area contributed by atoms with Gasteiger partial charge in [0.2, 0.25) is 5.91 Å². The predicted molar refractivity (Wildman–Crippen MR) is 60.3 cm³/mol. The molecule has 0 spiro atoms. The van der Waals surface area contributed by atoms with Crippen LogP contribution in [0.5, 0.6) is 0 Å². The molecule has 1 amide bonds. The number of carbonyl (C=O) groups excluding carboxylic acids is 1. The highest BCUT2D eigenvalue weighted by Gasteiger charge is 2.19. The Bertz CT molecular complexity index is 326. The first-order valence-corrected chi connectivity index (χ1v) is 5.81. The van der Waals surface area contributed by atoms with Crippen LogP contribution in [0, 0.1) is 0 Å². The second kappa shape index (κ2) is 4.91. The van der Waals surface area contributed by atoms with Gasteiger partial charge in [0.05, 0.1) is 12.6 Å². The molecular weight excluding hydrogens is 266 g/mol. The number of amides is 1. The predicted octanol–water partition coefficient (Wildman–Crippen LogP) is 2.02. The zero-order chi connectivity index (χ0) is 10.7. The number of rotatable bonds is 3. The number of nitrogens with zero attached hydrogens (tertiary/aromatic N) is 1. The van der Waals surface area contributed by atoms with Crippen LogP contribution in [0.25, 0.3) is 0 Å². The molecule has 1 aromatic rings. The van der Waals surface area contributed by atoms with Crippen molar-refractivity contribution in [2.24, 2.45) is 0 Å². The van der Waals surface area contributed by atoms with Crippen LogP contribution in [0.1, 0.15) is 17.8 Å². The van der Waals surface area contributed by atoms with Crippen LogP contribution in [0.4, 0.5) is 0 Å². The van der Waals surface area contributed by atoms with Gasteiger partial charge in [-0.25, -0.2) is 0 Å². The fraction of sp³-hybridized carbons (Fsp3) is 0.444. The number of hydrogen-bond donors (Lipinski definition) is 1. The summed E-state index contributed by atoms with van der Waals surface area (Å²) in [5, 5.41) is 11.1. The Balaban J connectivity index is 2.86. The molecular formula is C9H12BrNO2S.